The fourth-order valence-corrected chi connectivity index (χ4v) is 2.58. The van der Waals surface area contributed by atoms with E-state index in [0.717, 1.165) is 4.68 Å². The fraction of sp³-hybridized carbons (Fsp3) is 0.400. The molecule has 7 nitrogen and oxygen atoms in total. The molecule has 0 atom stereocenters. The number of hydrogen-bond acceptors (Lipinski definition) is 5. The van der Waals surface area contributed by atoms with Crippen LogP contribution in [-0.4, -0.2) is 23.1 Å². The molecule has 9 heteroatoms. The molecule has 0 bridgehead atoms. The fourth-order valence-electron chi connectivity index (χ4n) is 1.11. The normalized spacial score (nSPS) is 11.6. The minimum atomic E-state index is -4.01. The van der Waals surface area contributed by atoms with Gasteiger partial charge < -0.3 is 10.1 Å². The summed E-state index contributed by atoms with van der Waals surface area (Å²) in [5.74, 6) is -0.508. The molecular formula is C5H6ClN3O4S. The zero-order valence-corrected chi connectivity index (χ0v) is 8.83. The summed E-state index contributed by atoms with van der Waals surface area (Å²) in [7, 11) is 2.34. The summed E-state index contributed by atoms with van der Waals surface area (Å²) in [5.41, 5.74) is -0.0625. The average molecular weight is 240 g/mol. The summed E-state index contributed by atoms with van der Waals surface area (Å²) in [4.78, 5) is 9.64. The van der Waals surface area contributed by atoms with E-state index in [1.54, 1.807) is 0 Å². The summed E-state index contributed by atoms with van der Waals surface area (Å²) < 4.78 is 22.9. The third kappa shape index (κ3) is 1.70. The molecule has 0 N–H and O–H groups in total. The summed E-state index contributed by atoms with van der Waals surface area (Å²) in [6.45, 7) is 1.28. The molecule has 1 aromatic heterocycles. The van der Waals surface area contributed by atoms with E-state index in [2.05, 4.69) is 5.10 Å². The topological polar surface area (TPSA) is 95.1 Å². The molecular weight excluding hydrogens is 234 g/mol. The van der Waals surface area contributed by atoms with Crippen LogP contribution in [0, 0.1) is 17.0 Å². The van der Waals surface area contributed by atoms with Crippen molar-refractivity contribution in [2.75, 3.05) is 0 Å². The molecule has 0 saturated heterocycles. The van der Waals surface area contributed by atoms with Gasteiger partial charge in [-0.15, -0.1) is 0 Å². The number of halogens is 1. The lowest BCUT2D eigenvalue weighted by Crippen LogP contribution is -2.02. The van der Waals surface area contributed by atoms with Gasteiger partial charge in [-0.25, -0.2) is 8.42 Å². The van der Waals surface area contributed by atoms with Gasteiger partial charge in [0.2, 0.25) is 5.03 Å². The van der Waals surface area contributed by atoms with E-state index in [-0.39, 0.29) is 10.6 Å². The van der Waals surface area contributed by atoms with E-state index in [4.69, 9.17) is 10.7 Å². The van der Waals surface area contributed by atoms with E-state index < -0.39 is 19.8 Å². The lowest BCUT2D eigenvalue weighted by atomic mass is 10.4. The van der Waals surface area contributed by atoms with Gasteiger partial charge in [0.1, 0.15) is 0 Å². The first-order valence-electron chi connectivity index (χ1n) is 3.37. The van der Waals surface area contributed by atoms with Crippen molar-refractivity contribution in [2.45, 2.75) is 11.9 Å². The molecule has 1 rings (SSSR count). The zero-order valence-electron chi connectivity index (χ0n) is 7.26. The molecule has 0 aliphatic heterocycles. The minimum absolute atomic E-state index is 0.0625. The molecule has 1 heterocycles. The van der Waals surface area contributed by atoms with E-state index in [9.17, 15) is 18.5 Å². The third-order valence-corrected chi connectivity index (χ3v) is 3.07. The van der Waals surface area contributed by atoms with Crippen LogP contribution in [0.5, 0.6) is 0 Å². The van der Waals surface area contributed by atoms with Crippen LogP contribution in [0.3, 0.4) is 0 Å². The first kappa shape index (κ1) is 10.9. The van der Waals surface area contributed by atoms with Crippen LogP contribution in [-0.2, 0) is 16.1 Å². The first-order chi connectivity index (χ1) is 6.25. The maximum atomic E-state index is 11.0. The van der Waals surface area contributed by atoms with Gasteiger partial charge in [0.25, 0.3) is 9.05 Å². The Morgan fingerprint density at radius 2 is 2.07 bits per heavy atom. The van der Waals surface area contributed by atoms with Crippen molar-refractivity contribution in [1.82, 2.24) is 9.78 Å². The SMILES string of the molecule is Cc1c([N+](=O)[O-])nn(C)c1S(=O)(=O)Cl. The van der Waals surface area contributed by atoms with Gasteiger partial charge in [-0.2, -0.15) is 4.68 Å². The van der Waals surface area contributed by atoms with Crippen molar-refractivity contribution in [3.05, 3.63) is 15.7 Å². The quantitative estimate of drug-likeness (QED) is 0.427. The van der Waals surface area contributed by atoms with E-state index in [0.29, 0.717) is 0 Å². The molecule has 0 saturated carbocycles. The molecule has 14 heavy (non-hydrogen) atoms. The Morgan fingerprint density at radius 3 is 2.29 bits per heavy atom. The Kier molecular flexibility index (Phi) is 2.50. The van der Waals surface area contributed by atoms with Gasteiger partial charge in [-0.1, -0.05) is 0 Å². The highest BCUT2D eigenvalue weighted by molar-refractivity contribution is 8.13. The summed E-state index contributed by atoms with van der Waals surface area (Å²) in [6, 6.07) is 0. The molecule has 0 unspecified atom stereocenters. The van der Waals surface area contributed by atoms with Gasteiger partial charge >= 0.3 is 5.82 Å². The number of aryl methyl sites for hydroxylation is 1. The second kappa shape index (κ2) is 3.21. The number of nitro groups is 1. The predicted octanol–water partition coefficient (Wildman–Crippen LogP) is 0.564. The van der Waals surface area contributed by atoms with Crippen LogP contribution < -0.4 is 0 Å². The molecule has 0 spiro atoms. The second-order valence-electron chi connectivity index (χ2n) is 2.57. The second-order valence-corrected chi connectivity index (χ2v) is 5.05. The van der Waals surface area contributed by atoms with Crippen molar-refractivity contribution >= 4 is 25.6 Å². The Morgan fingerprint density at radius 1 is 1.57 bits per heavy atom. The predicted molar refractivity (Wildman–Crippen MR) is 47.6 cm³/mol. The number of rotatable bonds is 2. The summed E-state index contributed by atoms with van der Waals surface area (Å²) >= 11 is 0. The number of aromatic nitrogens is 2. The molecule has 0 radical (unpaired) electrons. The van der Waals surface area contributed by atoms with Gasteiger partial charge in [0.15, 0.2) is 0 Å². The van der Waals surface area contributed by atoms with E-state index in [1.165, 1.54) is 14.0 Å². The first-order valence-corrected chi connectivity index (χ1v) is 5.68. The van der Waals surface area contributed by atoms with Crippen molar-refractivity contribution in [3.63, 3.8) is 0 Å². The Hall–Kier alpha value is -1.15. The van der Waals surface area contributed by atoms with Gasteiger partial charge in [-0.3, -0.25) is 0 Å². The lowest BCUT2D eigenvalue weighted by Gasteiger charge is -1.93. The highest BCUT2D eigenvalue weighted by Gasteiger charge is 2.29. The number of nitrogens with zero attached hydrogens (tertiary/aromatic N) is 3. The van der Waals surface area contributed by atoms with Crippen LogP contribution >= 0.6 is 10.7 Å². The van der Waals surface area contributed by atoms with Gasteiger partial charge in [0, 0.05) is 10.7 Å². The highest BCUT2D eigenvalue weighted by atomic mass is 35.7. The largest absolute Gasteiger partial charge is 0.394 e. The maximum absolute atomic E-state index is 11.0. The maximum Gasteiger partial charge on any atom is 0.394 e. The molecule has 0 amide bonds. The summed E-state index contributed by atoms with van der Waals surface area (Å²) in [5, 5.41) is 13.5. The Labute approximate surface area is 83.9 Å². The number of hydrogen-bond donors (Lipinski definition) is 0. The average Bonchev–Trinajstić information content (AvgIpc) is 2.24. The van der Waals surface area contributed by atoms with Crippen LogP contribution in [0.2, 0.25) is 0 Å². The molecule has 0 aromatic carbocycles. The van der Waals surface area contributed by atoms with Crippen LogP contribution in [0.15, 0.2) is 5.03 Å². The summed E-state index contributed by atoms with van der Waals surface area (Å²) in [6.07, 6.45) is 0. The molecule has 0 fully saturated rings. The van der Waals surface area contributed by atoms with Crippen molar-refractivity contribution in [1.29, 1.82) is 0 Å². The van der Waals surface area contributed by atoms with Crippen LogP contribution in [0.4, 0.5) is 5.82 Å². The van der Waals surface area contributed by atoms with Crippen molar-refractivity contribution in [3.8, 4) is 0 Å². The van der Waals surface area contributed by atoms with Crippen LogP contribution in [0.1, 0.15) is 5.56 Å². The van der Waals surface area contributed by atoms with E-state index >= 15 is 0 Å². The monoisotopic (exact) mass is 239 g/mol. The van der Waals surface area contributed by atoms with Crippen molar-refractivity contribution < 1.29 is 13.3 Å². The molecule has 0 aliphatic rings. The zero-order chi connectivity index (χ0) is 11.1. The highest BCUT2D eigenvalue weighted by Crippen LogP contribution is 2.25. The molecule has 0 aliphatic carbocycles. The van der Waals surface area contributed by atoms with Crippen molar-refractivity contribution in [2.24, 2.45) is 7.05 Å². The standard InChI is InChI=1S/C5H6ClN3O4S/c1-3-4(9(10)11)7-8(2)5(3)14(6,12)13/h1-2H3. The lowest BCUT2D eigenvalue weighted by molar-refractivity contribution is -0.390. The minimum Gasteiger partial charge on any atom is -0.358 e. The Bertz CT molecular complexity index is 491. The third-order valence-electron chi connectivity index (χ3n) is 1.60. The van der Waals surface area contributed by atoms with Gasteiger partial charge in [-0.05, 0) is 11.8 Å². The molecule has 1 aromatic rings. The van der Waals surface area contributed by atoms with E-state index in [1.807, 2.05) is 0 Å². The van der Waals surface area contributed by atoms with Gasteiger partial charge in [0.05, 0.1) is 17.7 Å². The molecule has 78 valence electrons. The Balaban J connectivity index is 3.56. The smallest absolute Gasteiger partial charge is 0.358 e. The van der Waals surface area contributed by atoms with Crippen LogP contribution in [0.25, 0.3) is 0 Å².